The molecule has 2 heterocycles. The molecule has 0 aliphatic carbocycles. The van der Waals surface area contributed by atoms with Crippen molar-refractivity contribution in [3.05, 3.63) is 17.8 Å². The van der Waals surface area contributed by atoms with E-state index in [1.54, 1.807) is 12.3 Å². The van der Waals surface area contributed by atoms with E-state index in [1.165, 1.54) is 0 Å². The van der Waals surface area contributed by atoms with Gasteiger partial charge >= 0.3 is 0 Å². The fourth-order valence-electron chi connectivity index (χ4n) is 2.49. The first-order valence-corrected chi connectivity index (χ1v) is 7.53. The van der Waals surface area contributed by atoms with Gasteiger partial charge in [-0.05, 0) is 25.8 Å². The number of aromatic nitrogens is 3. The minimum Gasteiger partial charge on any atom is -0.369 e. The van der Waals surface area contributed by atoms with Crippen LogP contribution in [0.25, 0.3) is 11.2 Å². The van der Waals surface area contributed by atoms with Crippen LogP contribution in [0.15, 0.2) is 12.3 Å². The number of carbonyl (C=O) groups excluding carboxylic acids is 1. The highest BCUT2D eigenvalue weighted by Gasteiger charge is 2.17. The normalized spacial score (nSPS) is 11.0. The molecule has 0 saturated heterocycles. The monoisotopic (exact) mass is 289 g/mol. The first kappa shape index (κ1) is 15.3. The quantitative estimate of drug-likeness (QED) is 0.885. The van der Waals surface area contributed by atoms with Crippen molar-refractivity contribution in [2.45, 2.75) is 40.2 Å². The van der Waals surface area contributed by atoms with Crippen LogP contribution < -0.4 is 5.73 Å². The van der Waals surface area contributed by atoms with Crippen molar-refractivity contribution in [3.8, 4) is 0 Å². The number of rotatable bonds is 6. The minimum absolute atomic E-state index is 0.0118. The Bertz CT molecular complexity index is 628. The van der Waals surface area contributed by atoms with E-state index in [0.717, 1.165) is 31.6 Å². The number of pyridine rings is 1. The minimum atomic E-state index is 0.0118. The molecule has 0 radical (unpaired) electrons. The van der Waals surface area contributed by atoms with Gasteiger partial charge < -0.3 is 10.6 Å². The molecule has 2 N–H and O–H groups in total. The van der Waals surface area contributed by atoms with Crippen molar-refractivity contribution < 1.29 is 4.79 Å². The molecule has 0 unspecified atom stereocenters. The molecule has 2 rings (SSSR count). The molecule has 0 bridgehead atoms. The Morgan fingerprint density at radius 1 is 1.29 bits per heavy atom. The molecule has 2 aromatic heterocycles. The van der Waals surface area contributed by atoms with Gasteiger partial charge in [-0.2, -0.15) is 0 Å². The van der Waals surface area contributed by atoms with Crippen molar-refractivity contribution in [2.75, 3.05) is 18.8 Å². The molecule has 0 atom stereocenters. The van der Waals surface area contributed by atoms with Crippen LogP contribution in [0.5, 0.6) is 0 Å². The van der Waals surface area contributed by atoms with E-state index in [-0.39, 0.29) is 5.91 Å². The first-order valence-electron chi connectivity index (χ1n) is 7.53. The molecular formula is C15H23N5O. The number of imidazole rings is 1. The maximum Gasteiger partial charge on any atom is 0.255 e. The first-order chi connectivity index (χ1) is 10.1. The number of nitrogens with zero attached hydrogens (tertiary/aromatic N) is 4. The second-order valence-corrected chi connectivity index (χ2v) is 5.07. The molecule has 0 spiro atoms. The predicted molar refractivity (Wildman–Crippen MR) is 84.1 cm³/mol. The van der Waals surface area contributed by atoms with Crippen LogP contribution in [0.2, 0.25) is 0 Å². The van der Waals surface area contributed by atoms with Gasteiger partial charge in [0.25, 0.3) is 5.91 Å². The maximum absolute atomic E-state index is 12.5. The van der Waals surface area contributed by atoms with Gasteiger partial charge in [0, 0.05) is 25.8 Å². The number of hydrogen-bond acceptors (Lipinski definition) is 4. The molecule has 21 heavy (non-hydrogen) atoms. The van der Waals surface area contributed by atoms with Crippen LogP contribution in [0, 0.1) is 0 Å². The molecule has 114 valence electrons. The molecule has 6 nitrogen and oxygen atoms in total. The molecule has 2 aromatic rings. The molecule has 6 heteroatoms. The van der Waals surface area contributed by atoms with Gasteiger partial charge in [-0.1, -0.05) is 13.8 Å². The number of fused-ring (bicyclic) bond motifs is 1. The summed E-state index contributed by atoms with van der Waals surface area (Å²) in [6, 6.07) is 1.78. The summed E-state index contributed by atoms with van der Waals surface area (Å²) in [4.78, 5) is 23.1. The number of amides is 1. The molecule has 0 saturated carbocycles. The zero-order valence-corrected chi connectivity index (χ0v) is 13.0. The standard InChI is InChI=1S/C15H23N5O/c1-4-7-19(8-5-2)14(21)11-9-12-13(17-10-11)20(6-3)15(16)18-12/h9-10H,4-8H2,1-3H3,(H2,16,18). The fraction of sp³-hybridized carbons (Fsp3) is 0.533. The fourth-order valence-corrected chi connectivity index (χ4v) is 2.49. The van der Waals surface area contributed by atoms with Crippen molar-refractivity contribution >= 4 is 23.0 Å². The number of nitrogen functional groups attached to an aromatic ring is 1. The Kier molecular flexibility index (Phi) is 4.77. The number of carbonyl (C=O) groups is 1. The summed E-state index contributed by atoms with van der Waals surface area (Å²) in [7, 11) is 0. The number of aryl methyl sites for hydroxylation is 1. The SMILES string of the molecule is CCCN(CCC)C(=O)c1cnc2c(c1)nc(N)n2CC. The van der Waals surface area contributed by atoms with Gasteiger partial charge in [0.1, 0.15) is 5.52 Å². The largest absolute Gasteiger partial charge is 0.369 e. The summed E-state index contributed by atoms with van der Waals surface area (Å²) >= 11 is 0. The van der Waals surface area contributed by atoms with E-state index in [0.29, 0.717) is 23.6 Å². The van der Waals surface area contributed by atoms with Gasteiger partial charge in [0.05, 0.1) is 5.56 Å². The molecule has 0 aliphatic rings. The second-order valence-electron chi connectivity index (χ2n) is 5.07. The van der Waals surface area contributed by atoms with E-state index in [4.69, 9.17) is 5.73 Å². The Morgan fingerprint density at radius 2 is 1.95 bits per heavy atom. The van der Waals surface area contributed by atoms with Crippen molar-refractivity contribution in [3.63, 3.8) is 0 Å². The maximum atomic E-state index is 12.5. The molecule has 1 amide bonds. The highest BCUT2D eigenvalue weighted by molar-refractivity contribution is 5.96. The Labute approximate surface area is 125 Å². The molecule has 0 fully saturated rings. The van der Waals surface area contributed by atoms with Gasteiger partial charge in [0.15, 0.2) is 5.65 Å². The van der Waals surface area contributed by atoms with Crippen LogP contribution in [0.3, 0.4) is 0 Å². The molecular weight excluding hydrogens is 266 g/mol. The third-order valence-electron chi connectivity index (χ3n) is 3.45. The summed E-state index contributed by atoms with van der Waals surface area (Å²) in [6.07, 6.45) is 3.51. The summed E-state index contributed by atoms with van der Waals surface area (Å²) in [6.45, 7) is 8.36. The van der Waals surface area contributed by atoms with Gasteiger partial charge in [0.2, 0.25) is 5.95 Å². The third kappa shape index (κ3) is 2.99. The lowest BCUT2D eigenvalue weighted by Gasteiger charge is -2.21. The van der Waals surface area contributed by atoms with Gasteiger partial charge in [-0.3, -0.25) is 9.36 Å². The number of hydrogen-bond donors (Lipinski definition) is 1. The Hall–Kier alpha value is -2.11. The number of nitrogens with two attached hydrogens (primary N) is 1. The molecule has 0 aromatic carbocycles. The third-order valence-corrected chi connectivity index (χ3v) is 3.45. The van der Waals surface area contributed by atoms with Crippen molar-refractivity contribution in [1.29, 1.82) is 0 Å². The van der Waals surface area contributed by atoms with E-state index in [9.17, 15) is 4.79 Å². The van der Waals surface area contributed by atoms with Crippen molar-refractivity contribution in [2.24, 2.45) is 0 Å². The second kappa shape index (κ2) is 6.56. The van der Waals surface area contributed by atoms with Crippen LogP contribution in [-0.4, -0.2) is 38.4 Å². The zero-order chi connectivity index (χ0) is 15.4. The van der Waals surface area contributed by atoms with Gasteiger partial charge in [-0.25, -0.2) is 9.97 Å². The highest BCUT2D eigenvalue weighted by atomic mass is 16.2. The smallest absolute Gasteiger partial charge is 0.255 e. The van der Waals surface area contributed by atoms with E-state index < -0.39 is 0 Å². The zero-order valence-electron chi connectivity index (χ0n) is 13.0. The van der Waals surface area contributed by atoms with Crippen LogP contribution >= 0.6 is 0 Å². The number of anilines is 1. The van der Waals surface area contributed by atoms with Crippen LogP contribution in [0.1, 0.15) is 44.0 Å². The van der Waals surface area contributed by atoms with Crippen LogP contribution in [0.4, 0.5) is 5.95 Å². The lowest BCUT2D eigenvalue weighted by molar-refractivity contribution is 0.0755. The van der Waals surface area contributed by atoms with E-state index >= 15 is 0 Å². The average molecular weight is 289 g/mol. The van der Waals surface area contributed by atoms with E-state index in [1.807, 2.05) is 16.4 Å². The lowest BCUT2D eigenvalue weighted by Crippen LogP contribution is -2.32. The Morgan fingerprint density at radius 3 is 2.52 bits per heavy atom. The summed E-state index contributed by atoms with van der Waals surface area (Å²) < 4.78 is 1.83. The van der Waals surface area contributed by atoms with Gasteiger partial charge in [-0.15, -0.1) is 0 Å². The predicted octanol–water partition coefficient (Wildman–Crippen LogP) is 2.30. The van der Waals surface area contributed by atoms with Crippen molar-refractivity contribution in [1.82, 2.24) is 19.4 Å². The van der Waals surface area contributed by atoms with Crippen LogP contribution in [-0.2, 0) is 6.54 Å². The summed E-state index contributed by atoms with van der Waals surface area (Å²) in [5.41, 5.74) is 7.84. The highest BCUT2D eigenvalue weighted by Crippen LogP contribution is 2.17. The molecule has 0 aliphatic heterocycles. The van der Waals surface area contributed by atoms with E-state index in [2.05, 4.69) is 23.8 Å². The summed E-state index contributed by atoms with van der Waals surface area (Å²) in [5, 5.41) is 0. The summed E-state index contributed by atoms with van der Waals surface area (Å²) in [5.74, 6) is 0.446. The topological polar surface area (TPSA) is 77.0 Å². The average Bonchev–Trinajstić information content (AvgIpc) is 2.80. The lowest BCUT2D eigenvalue weighted by atomic mass is 10.2. The Balaban J connectivity index is 2.35.